The molecule has 2 aromatic carbocycles. The molecule has 0 fully saturated rings. The van der Waals surface area contributed by atoms with Gasteiger partial charge < -0.3 is 10.1 Å². The number of carbonyl (C=O) groups is 1. The first-order valence-electron chi connectivity index (χ1n) is 6.55. The van der Waals surface area contributed by atoms with Crippen LogP contribution in [0.25, 0.3) is 10.8 Å². The van der Waals surface area contributed by atoms with Crippen LogP contribution in [-0.4, -0.2) is 31.5 Å². The molecule has 0 heterocycles. The Morgan fingerprint density at radius 1 is 1.25 bits per heavy atom. The van der Waals surface area contributed by atoms with Crippen molar-refractivity contribution >= 4 is 28.3 Å². The molecule has 0 aliphatic carbocycles. The summed E-state index contributed by atoms with van der Waals surface area (Å²) in [6.45, 7) is 0.421. The second-order valence-corrected chi connectivity index (χ2v) is 5.00. The third-order valence-corrected chi connectivity index (χ3v) is 3.52. The number of amides is 1. The van der Waals surface area contributed by atoms with E-state index in [9.17, 15) is 4.79 Å². The zero-order valence-electron chi connectivity index (χ0n) is 11.4. The molecule has 106 valence electrons. The maximum absolute atomic E-state index is 12.1. The monoisotopic (exact) mass is 291 g/mol. The van der Waals surface area contributed by atoms with Crippen molar-refractivity contribution in [3.63, 3.8) is 0 Å². The van der Waals surface area contributed by atoms with E-state index in [1.54, 1.807) is 7.11 Å². The quantitative estimate of drug-likeness (QED) is 0.831. The van der Waals surface area contributed by atoms with Gasteiger partial charge in [-0.05, 0) is 16.3 Å². The van der Waals surface area contributed by atoms with E-state index in [1.807, 2.05) is 42.5 Å². The summed E-state index contributed by atoms with van der Waals surface area (Å²) in [4.78, 5) is 12.1. The summed E-state index contributed by atoms with van der Waals surface area (Å²) < 4.78 is 5.02. The van der Waals surface area contributed by atoms with Gasteiger partial charge in [0.25, 0.3) is 0 Å². The van der Waals surface area contributed by atoms with E-state index in [-0.39, 0.29) is 11.9 Å². The van der Waals surface area contributed by atoms with Gasteiger partial charge in [0.05, 0.1) is 19.1 Å². The fourth-order valence-electron chi connectivity index (χ4n) is 2.22. The predicted molar refractivity (Wildman–Crippen MR) is 82.2 cm³/mol. The van der Waals surface area contributed by atoms with Gasteiger partial charge >= 0.3 is 0 Å². The van der Waals surface area contributed by atoms with E-state index in [1.165, 1.54) is 0 Å². The number of methoxy groups -OCH3 is 1. The Morgan fingerprint density at radius 2 is 2.00 bits per heavy atom. The molecular weight excluding hydrogens is 274 g/mol. The first kappa shape index (κ1) is 14.8. The maximum atomic E-state index is 12.1. The Bertz CT molecular complexity index is 580. The van der Waals surface area contributed by atoms with Crippen molar-refractivity contribution in [3.8, 4) is 0 Å². The molecule has 0 saturated heterocycles. The van der Waals surface area contributed by atoms with Crippen LogP contribution in [0.15, 0.2) is 42.5 Å². The van der Waals surface area contributed by atoms with Crippen LogP contribution in [0.1, 0.15) is 5.56 Å². The first-order valence-corrected chi connectivity index (χ1v) is 7.09. The third kappa shape index (κ3) is 3.71. The Labute approximate surface area is 123 Å². The van der Waals surface area contributed by atoms with E-state index in [2.05, 4.69) is 5.32 Å². The van der Waals surface area contributed by atoms with Crippen molar-refractivity contribution in [1.29, 1.82) is 0 Å². The van der Waals surface area contributed by atoms with Crippen molar-refractivity contribution in [2.75, 3.05) is 19.6 Å². The summed E-state index contributed by atoms with van der Waals surface area (Å²) in [5, 5.41) is 5.14. The predicted octanol–water partition coefficient (Wildman–Crippen LogP) is 2.75. The molecule has 2 rings (SSSR count). The highest BCUT2D eigenvalue weighted by atomic mass is 35.5. The summed E-state index contributed by atoms with van der Waals surface area (Å²) in [6.07, 6.45) is 0.346. The molecule has 4 heteroatoms. The van der Waals surface area contributed by atoms with Gasteiger partial charge in [-0.25, -0.2) is 0 Å². The van der Waals surface area contributed by atoms with Gasteiger partial charge in [0.15, 0.2) is 0 Å². The maximum Gasteiger partial charge on any atom is 0.224 e. The lowest BCUT2D eigenvalue weighted by Gasteiger charge is -2.15. The highest BCUT2D eigenvalue weighted by Gasteiger charge is 2.12. The molecule has 0 saturated carbocycles. The van der Waals surface area contributed by atoms with Crippen LogP contribution < -0.4 is 5.32 Å². The molecule has 0 bridgehead atoms. The first-order chi connectivity index (χ1) is 9.74. The van der Waals surface area contributed by atoms with Gasteiger partial charge in [-0.2, -0.15) is 0 Å². The lowest BCUT2D eigenvalue weighted by molar-refractivity contribution is -0.121. The largest absolute Gasteiger partial charge is 0.383 e. The van der Waals surface area contributed by atoms with Crippen molar-refractivity contribution in [1.82, 2.24) is 5.32 Å². The van der Waals surface area contributed by atoms with E-state index in [0.29, 0.717) is 18.9 Å². The minimum Gasteiger partial charge on any atom is -0.383 e. The number of hydrogen-bond acceptors (Lipinski definition) is 2. The number of hydrogen-bond donors (Lipinski definition) is 1. The summed E-state index contributed by atoms with van der Waals surface area (Å²) in [7, 11) is 1.59. The molecule has 0 aliphatic rings. The highest BCUT2D eigenvalue weighted by Crippen LogP contribution is 2.18. The van der Waals surface area contributed by atoms with Gasteiger partial charge in [-0.1, -0.05) is 42.5 Å². The van der Waals surface area contributed by atoms with E-state index in [4.69, 9.17) is 16.3 Å². The molecule has 0 aromatic heterocycles. The average molecular weight is 292 g/mol. The number of nitrogens with one attached hydrogen (secondary N) is 1. The van der Waals surface area contributed by atoms with Crippen LogP contribution in [0.4, 0.5) is 0 Å². The Kier molecular flexibility index (Phi) is 5.39. The van der Waals surface area contributed by atoms with Crippen molar-refractivity contribution in [2.45, 2.75) is 12.5 Å². The van der Waals surface area contributed by atoms with Crippen LogP contribution >= 0.6 is 11.6 Å². The normalized spacial score (nSPS) is 12.3. The van der Waals surface area contributed by atoms with Crippen LogP contribution in [0.2, 0.25) is 0 Å². The zero-order chi connectivity index (χ0) is 14.4. The number of ether oxygens (including phenoxy) is 1. The second kappa shape index (κ2) is 7.27. The van der Waals surface area contributed by atoms with Gasteiger partial charge in [0.1, 0.15) is 0 Å². The smallest absolute Gasteiger partial charge is 0.224 e. The number of carbonyl (C=O) groups excluding carboxylic acids is 1. The Morgan fingerprint density at radius 3 is 2.75 bits per heavy atom. The van der Waals surface area contributed by atoms with Crippen molar-refractivity contribution in [2.24, 2.45) is 0 Å². The number of halogens is 1. The topological polar surface area (TPSA) is 38.3 Å². The minimum absolute atomic E-state index is 0.0379. The fraction of sp³-hybridized carbons (Fsp3) is 0.312. The van der Waals surface area contributed by atoms with Gasteiger partial charge in [0.2, 0.25) is 5.91 Å². The molecule has 1 atom stereocenters. The van der Waals surface area contributed by atoms with Crippen LogP contribution in [0.5, 0.6) is 0 Å². The van der Waals surface area contributed by atoms with Crippen LogP contribution in [-0.2, 0) is 16.0 Å². The average Bonchev–Trinajstić information content (AvgIpc) is 2.47. The molecule has 1 amide bonds. The molecule has 0 radical (unpaired) electrons. The fourth-order valence-corrected chi connectivity index (χ4v) is 2.39. The molecule has 2 aromatic rings. The Balaban J connectivity index is 2.10. The van der Waals surface area contributed by atoms with Crippen molar-refractivity contribution < 1.29 is 9.53 Å². The van der Waals surface area contributed by atoms with Crippen molar-refractivity contribution in [3.05, 3.63) is 48.0 Å². The summed E-state index contributed by atoms with van der Waals surface area (Å²) >= 11 is 5.79. The molecule has 0 aliphatic heterocycles. The molecule has 1 N–H and O–H groups in total. The van der Waals surface area contributed by atoms with E-state index >= 15 is 0 Å². The zero-order valence-corrected chi connectivity index (χ0v) is 12.2. The number of rotatable bonds is 6. The summed E-state index contributed by atoms with van der Waals surface area (Å²) in [5.41, 5.74) is 1.02. The van der Waals surface area contributed by atoms with Gasteiger partial charge in [-0.15, -0.1) is 11.6 Å². The van der Waals surface area contributed by atoms with E-state index in [0.717, 1.165) is 16.3 Å². The standard InChI is InChI=1S/C16H18ClNO2/c1-20-11-14(10-17)18-16(19)9-13-7-4-6-12-5-2-3-8-15(12)13/h2-8,14H,9-11H2,1H3,(H,18,19). The molecule has 0 spiro atoms. The number of alkyl halides is 1. The summed E-state index contributed by atoms with van der Waals surface area (Å²) in [6, 6.07) is 13.9. The number of benzene rings is 2. The van der Waals surface area contributed by atoms with Gasteiger partial charge in [-0.3, -0.25) is 4.79 Å². The third-order valence-electron chi connectivity index (χ3n) is 3.15. The van der Waals surface area contributed by atoms with Crippen LogP contribution in [0.3, 0.4) is 0 Å². The molecule has 1 unspecified atom stereocenters. The minimum atomic E-state index is -0.149. The Hall–Kier alpha value is -1.58. The number of fused-ring (bicyclic) bond motifs is 1. The van der Waals surface area contributed by atoms with Gasteiger partial charge in [0, 0.05) is 13.0 Å². The summed E-state index contributed by atoms with van der Waals surface area (Å²) in [5.74, 6) is 0.304. The highest BCUT2D eigenvalue weighted by molar-refractivity contribution is 6.18. The lowest BCUT2D eigenvalue weighted by atomic mass is 10.0. The van der Waals surface area contributed by atoms with Crippen LogP contribution in [0, 0.1) is 0 Å². The SMILES string of the molecule is COCC(CCl)NC(=O)Cc1cccc2ccccc12. The molecule has 20 heavy (non-hydrogen) atoms. The lowest BCUT2D eigenvalue weighted by Crippen LogP contribution is -2.40. The van der Waals surface area contributed by atoms with E-state index < -0.39 is 0 Å². The molecular formula is C16H18ClNO2. The molecule has 3 nitrogen and oxygen atoms in total. The second-order valence-electron chi connectivity index (χ2n) is 4.69.